The molecule has 0 spiro atoms. The minimum absolute atomic E-state index is 1.46. The molecule has 1 heterocycles. The van der Waals surface area contributed by atoms with Gasteiger partial charge in [0.1, 0.15) is 0 Å². The van der Waals surface area contributed by atoms with E-state index in [1.807, 2.05) is 0 Å². The number of hydrogen-bond donors (Lipinski definition) is 1. The van der Waals surface area contributed by atoms with Crippen molar-refractivity contribution >= 4 is 12.7 Å². The molecule has 0 aromatic heterocycles. The number of hydrogen-bond acceptors (Lipinski definition) is 3. The zero-order chi connectivity index (χ0) is 3.54. The Kier molecular flexibility index (Phi) is 0.400. The Morgan fingerprint density at radius 2 is 3.00 bits per heavy atom. The molecular weight excluding hydrogens is 66.0 g/mol. The Morgan fingerprint density at radius 3 is 3.20 bits per heavy atom. The average Bonchev–Trinajstić information content (AvgIpc) is 1.76. The Balaban J connectivity index is 2.61. The van der Waals surface area contributed by atoms with E-state index < -0.39 is 0 Å². The molecule has 0 unspecified atom stereocenters. The molecular formula is C2H2N3+. The van der Waals surface area contributed by atoms with E-state index in [1.165, 1.54) is 6.34 Å². The smallest absolute Gasteiger partial charge is 0.124 e. The van der Waals surface area contributed by atoms with Crippen LogP contribution in [0.5, 0.6) is 0 Å². The lowest BCUT2D eigenvalue weighted by Crippen LogP contribution is -1.94. The predicted octanol–water partition coefficient (Wildman–Crippen LogP) is -1.23. The average molecular weight is 68.1 g/mol. The second-order valence-corrected chi connectivity index (χ2v) is 0.599. The lowest BCUT2D eigenvalue weighted by Gasteiger charge is -1.50. The van der Waals surface area contributed by atoms with Gasteiger partial charge in [0.2, 0.25) is 0 Å². The first-order valence-electron chi connectivity index (χ1n) is 1.22. The highest BCUT2D eigenvalue weighted by Crippen LogP contribution is 1.49. The highest BCUT2D eigenvalue weighted by atomic mass is 15.3. The van der Waals surface area contributed by atoms with Crippen LogP contribution in [0.4, 0.5) is 0 Å². The van der Waals surface area contributed by atoms with Crippen LogP contribution in [0, 0.1) is 0 Å². The molecule has 3 nitrogen and oxygen atoms in total. The molecule has 1 aliphatic heterocycles. The van der Waals surface area contributed by atoms with Crippen LogP contribution >= 0.6 is 0 Å². The van der Waals surface area contributed by atoms with Crippen LogP contribution in [0.25, 0.3) is 0 Å². The molecule has 1 rings (SSSR count). The number of hydrazone groups is 1. The summed E-state index contributed by atoms with van der Waals surface area (Å²) >= 11 is 0. The van der Waals surface area contributed by atoms with E-state index in [0.717, 1.165) is 0 Å². The molecule has 0 saturated heterocycles. The van der Waals surface area contributed by atoms with Gasteiger partial charge in [0.25, 0.3) is 6.34 Å². The fourth-order valence-electron chi connectivity index (χ4n) is 0.144. The summed E-state index contributed by atoms with van der Waals surface area (Å²) in [5.41, 5.74) is 2.44. The maximum Gasteiger partial charge on any atom is 0.418 e. The van der Waals surface area contributed by atoms with Gasteiger partial charge in [-0.3, -0.25) is 0 Å². The van der Waals surface area contributed by atoms with Gasteiger partial charge < -0.3 is 0 Å². The summed E-state index contributed by atoms with van der Waals surface area (Å²) < 4.78 is 0. The summed E-state index contributed by atoms with van der Waals surface area (Å²) in [7, 11) is 0. The first-order valence-corrected chi connectivity index (χ1v) is 1.22. The van der Waals surface area contributed by atoms with Crippen molar-refractivity contribution in [1.82, 2.24) is 10.4 Å². The molecule has 0 atom stereocenters. The third-order valence-corrected chi connectivity index (χ3v) is 0.295. The second-order valence-electron chi connectivity index (χ2n) is 0.599. The minimum atomic E-state index is 1.46. The lowest BCUT2D eigenvalue weighted by atomic mass is 11.3. The maximum absolute atomic E-state index is 3.43. The monoisotopic (exact) mass is 68.0 g/mol. The van der Waals surface area contributed by atoms with E-state index in [4.69, 9.17) is 0 Å². The molecule has 3 heteroatoms. The van der Waals surface area contributed by atoms with E-state index in [9.17, 15) is 0 Å². The first kappa shape index (κ1) is 2.38. The number of nitrogens with one attached hydrogen (secondary N) is 1. The molecule has 0 aromatic carbocycles. The van der Waals surface area contributed by atoms with Crippen molar-refractivity contribution < 1.29 is 0 Å². The minimum Gasteiger partial charge on any atom is -0.124 e. The number of rotatable bonds is 0. The molecule has 0 aromatic rings. The van der Waals surface area contributed by atoms with E-state index in [1.54, 1.807) is 0 Å². The van der Waals surface area contributed by atoms with Crippen LogP contribution in [0.2, 0.25) is 0 Å². The Hall–Kier alpha value is -0.860. The Morgan fingerprint density at radius 1 is 2.00 bits per heavy atom. The zero-order valence-corrected chi connectivity index (χ0v) is 2.47. The fraction of sp³-hybridized carbons (Fsp3) is 0. The fourth-order valence-corrected chi connectivity index (χ4v) is 0.144. The van der Waals surface area contributed by atoms with E-state index in [-0.39, 0.29) is 0 Å². The SMILES string of the molecule is [C]1=NNC=[N+]1. The van der Waals surface area contributed by atoms with Gasteiger partial charge in [-0.15, -0.1) is 5.43 Å². The van der Waals surface area contributed by atoms with Gasteiger partial charge in [-0.2, -0.15) is 0 Å². The van der Waals surface area contributed by atoms with Crippen molar-refractivity contribution in [3.8, 4) is 0 Å². The molecule has 2 radical (unpaired) electrons. The largest absolute Gasteiger partial charge is 0.418 e. The highest BCUT2D eigenvalue weighted by Gasteiger charge is 1.89. The summed E-state index contributed by atoms with van der Waals surface area (Å²) in [6.07, 6.45) is 3.76. The summed E-state index contributed by atoms with van der Waals surface area (Å²) in [5.74, 6) is 0. The first-order chi connectivity index (χ1) is 2.50. The number of aliphatic imine (C=N–C) groups is 1. The molecule has 0 aliphatic carbocycles. The molecule has 0 saturated carbocycles. The third-order valence-electron chi connectivity index (χ3n) is 0.295. The van der Waals surface area contributed by atoms with Crippen LogP contribution in [0.15, 0.2) is 5.10 Å². The summed E-state index contributed by atoms with van der Waals surface area (Å²) in [5, 5.41) is 3.36. The standard InChI is InChI=1S/C2H2N3/c1-3-2-5-4-1/h1H,(H,4,5)/q+1. The Bertz CT molecular complexity index is 63.0. The third kappa shape index (κ3) is 0.238. The van der Waals surface area contributed by atoms with Gasteiger partial charge in [0.05, 0.1) is 5.10 Å². The topological polar surface area (TPSA) is 38.5 Å². The van der Waals surface area contributed by atoms with Crippen LogP contribution in [-0.2, 0) is 0 Å². The molecule has 0 fully saturated rings. The molecule has 1 N–H and O–H groups in total. The normalized spacial score (nSPS) is 16.0. The van der Waals surface area contributed by atoms with E-state index >= 15 is 0 Å². The Labute approximate surface area is 29.4 Å². The second kappa shape index (κ2) is 0.839. The maximum atomic E-state index is 3.43. The molecule has 5 heavy (non-hydrogen) atoms. The molecule has 0 amide bonds. The van der Waals surface area contributed by atoms with Crippen molar-refractivity contribution in [2.45, 2.75) is 0 Å². The van der Waals surface area contributed by atoms with E-state index in [0.29, 0.717) is 0 Å². The van der Waals surface area contributed by atoms with Crippen molar-refractivity contribution in [2.75, 3.05) is 0 Å². The van der Waals surface area contributed by atoms with Crippen molar-refractivity contribution in [1.29, 1.82) is 0 Å². The lowest BCUT2D eigenvalue weighted by molar-refractivity contribution is 1.09. The highest BCUT2D eigenvalue weighted by molar-refractivity contribution is 5.72. The predicted molar refractivity (Wildman–Crippen MR) is 18.8 cm³/mol. The van der Waals surface area contributed by atoms with Gasteiger partial charge in [0.15, 0.2) is 0 Å². The zero-order valence-electron chi connectivity index (χ0n) is 2.47. The van der Waals surface area contributed by atoms with Crippen LogP contribution in [-0.4, -0.2) is 12.7 Å². The van der Waals surface area contributed by atoms with Gasteiger partial charge in [-0.25, -0.2) is 0 Å². The van der Waals surface area contributed by atoms with Gasteiger partial charge in [-0.05, 0) is 0 Å². The van der Waals surface area contributed by atoms with Gasteiger partial charge >= 0.3 is 6.34 Å². The van der Waals surface area contributed by atoms with Gasteiger partial charge in [0, 0.05) is 0 Å². The quantitative estimate of drug-likeness (QED) is 0.379. The van der Waals surface area contributed by atoms with Crippen LogP contribution in [0.3, 0.4) is 0 Å². The summed E-state index contributed by atoms with van der Waals surface area (Å²) in [4.78, 5) is 3.43. The van der Waals surface area contributed by atoms with Crippen LogP contribution in [0.1, 0.15) is 0 Å². The number of nitrogens with zero attached hydrogens (tertiary/aromatic N) is 2. The van der Waals surface area contributed by atoms with Crippen molar-refractivity contribution in [3.63, 3.8) is 0 Å². The molecule has 0 bridgehead atoms. The summed E-state index contributed by atoms with van der Waals surface area (Å²) in [6.45, 7) is 0. The van der Waals surface area contributed by atoms with E-state index in [2.05, 4.69) is 21.9 Å². The van der Waals surface area contributed by atoms with Gasteiger partial charge in [-0.1, -0.05) is 4.99 Å². The van der Waals surface area contributed by atoms with Crippen molar-refractivity contribution in [2.24, 2.45) is 5.10 Å². The summed E-state index contributed by atoms with van der Waals surface area (Å²) in [6, 6.07) is 0. The molecule has 1 aliphatic rings. The van der Waals surface area contributed by atoms with Crippen LogP contribution < -0.4 is 10.4 Å². The molecule has 24 valence electrons. The van der Waals surface area contributed by atoms with Crippen molar-refractivity contribution in [3.05, 3.63) is 0 Å².